The number of aliphatic hydroxyl groups is 1. The van der Waals surface area contributed by atoms with Crippen LogP contribution in [0.2, 0.25) is 0 Å². The minimum absolute atomic E-state index is 0.0511. The normalized spacial score (nSPS) is 12.2. The molecule has 2 rings (SSSR count). The van der Waals surface area contributed by atoms with Gasteiger partial charge in [-0.05, 0) is 13.8 Å². The number of furan rings is 1. The summed E-state index contributed by atoms with van der Waals surface area (Å²) >= 11 is 1.41. The van der Waals surface area contributed by atoms with Crippen LogP contribution in [0.25, 0.3) is 0 Å². The monoisotopic (exact) mass is 316 g/mol. The quantitative estimate of drug-likeness (QED) is 0.907. The molecule has 0 aliphatic carbocycles. The molecule has 0 amide bonds. The molecule has 0 atom stereocenters. The fourth-order valence-corrected chi connectivity index (χ4v) is 4.10. The van der Waals surface area contributed by atoms with Crippen LogP contribution in [0.5, 0.6) is 0 Å². The lowest BCUT2D eigenvalue weighted by Crippen LogP contribution is -2.27. The maximum atomic E-state index is 12.6. The summed E-state index contributed by atoms with van der Waals surface area (Å²) in [7, 11) is -2.24. The fourth-order valence-electron chi connectivity index (χ4n) is 2.01. The van der Waals surface area contributed by atoms with E-state index in [-0.39, 0.29) is 23.8 Å². The highest BCUT2D eigenvalue weighted by Gasteiger charge is 2.30. The van der Waals surface area contributed by atoms with Crippen molar-refractivity contribution in [2.45, 2.75) is 31.9 Å². The van der Waals surface area contributed by atoms with Gasteiger partial charge in [0.25, 0.3) is 0 Å². The first kappa shape index (κ1) is 15.2. The van der Waals surface area contributed by atoms with E-state index in [1.807, 2.05) is 0 Å². The van der Waals surface area contributed by atoms with E-state index >= 15 is 0 Å². The van der Waals surface area contributed by atoms with Crippen LogP contribution in [0.15, 0.2) is 20.2 Å². The molecule has 2 aromatic heterocycles. The van der Waals surface area contributed by atoms with Gasteiger partial charge in [0.15, 0.2) is 0 Å². The molecule has 110 valence electrons. The summed E-state index contributed by atoms with van der Waals surface area (Å²) in [5.74, 6) is 0.710. The summed E-state index contributed by atoms with van der Waals surface area (Å²) < 4.78 is 31.7. The Morgan fingerprint density at radius 1 is 1.40 bits per heavy atom. The second kappa shape index (κ2) is 5.65. The topological polar surface area (TPSA) is 83.6 Å². The number of aromatic nitrogens is 1. The number of aryl methyl sites for hydroxylation is 2. The Kier molecular flexibility index (Phi) is 4.28. The van der Waals surface area contributed by atoms with Gasteiger partial charge >= 0.3 is 0 Å². The van der Waals surface area contributed by atoms with Crippen LogP contribution in [-0.4, -0.2) is 29.9 Å². The zero-order valence-corrected chi connectivity index (χ0v) is 13.1. The van der Waals surface area contributed by atoms with E-state index in [1.54, 1.807) is 24.7 Å². The summed E-state index contributed by atoms with van der Waals surface area (Å²) in [6, 6.07) is 0. The SMILES string of the molecule is Cc1oc(C)c(S(=O)(=O)N(C)Cc2cscn2)c1CO. The third-order valence-corrected chi connectivity index (χ3v) is 5.65. The lowest BCUT2D eigenvalue weighted by molar-refractivity contribution is 0.276. The predicted molar refractivity (Wildman–Crippen MR) is 74.9 cm³/mol. The second-order valence-electron chi connectivity index (χ2n) is 4.42. The maximum absolute atomic E-state index is 12.6. The van der Waals surface area contributed by atoms with Gasteiger partial charge in [0, 0.05) is 18.0 Å². The number of aliphatic hydroxyl groups excluding tert-OH is 1. The van der Waals surface area contributed by atoms with Gasteiger partial charge in [-0.15, -0.1) is 11.3 Å². The van der Waals surface area contributed by atoms with Gasteiger partial charge in [-0.2, -0.15) is 4.31 Å². The fraction of sp³-hybridized carbons (Fsp3) is 0.417. The van der Waals surface area contributed by atoms with Crippen LogP contribution in [0.1, 0.15) is 22.8 Å². The van der Waals surface area contributed by atoms with Gasteiger partial charge in [-0.25, -0.2) is 13.4 Å². The molecule has 2 heterocycles. The van der Waals surface area contributed by atoms with E-state index in [4.69, 9.17) is 4.42 Å². The minimum atomic E-state index is -3.72. The van der Waals surface area contributed by atoms with Crippen LogP contribution in [0.3, 0.4) is 0 Å². The standard InChI is InChI=1S/C12H16N2O4S2/c1-8-11(5-15)12(9(2)18-8)20(16,17)14(3)4-10-6-19-7-13-10/h6-7,15H,4-5H2,1-3H3. The molecule has 20 heavy (non-hydrogen) atoms. The molecule has 0 spiro atoms. The zero-order chi connectivity index (χ0) is 14.9. The molecule has 2 aromatic rings. The Bertz CT molecular complexity index is 689. The average Bonchev–Trinajstić information content (AvgIpc) is 2.96. The third-order valence-electron chi connectivity index (χ3n) is 3.02. The Morgan fingerprint density at radius 2 is 2.10 bits per heavy atom. The van der Waals surface area contributed by atoms with Crippen LogP contribution in [0.4, 0.5) is 0 Å². The van der Waals surface area contributed by atoms with Crippen molar-refractivity contribution >= 4 is 21.4 Å². The molecule has 8 heteroatoms. The number of nitrogens with zero attached hydrogens (tertiary/aromatic N) is 2. The molecule has 0 aliphatic rings. The number of rotatable bonds is 5. The molecule has 1 N–H and O–H groups in total. The van der Waals surface area contributed by atoms with Gasteiger partial charge in [0.05, 0.1) is 24.4 Å². The number of hydrogen-bond donors (Lipinski definition) is 1. The van der Waals surface area contributed by atoms with Crippen LogP contribution < -0.4 is 0 Å². The molecular weight excluding hydrogens is 300 g/mol. The predicted octanol–water partition coefficient (Wildman–Crippen LogP) is 1.67. The molecular formula is C12H16N2O4S2. The van der Waals surface area contributed by atoms with Crippen molar-refractivity contribution < 1.29 is 17.9 Å². The zero-order valence-electron chi connectivity index (χ0n) is 11.5. The summed E-state index contributed by atoms with van der Waals surface area (Å²) in [6.07, 6.45) is 0. The Labute approximate surface area is 121 Å². The summed E-state index contributed by atoms with van der Waals surface area (Å²) in [4.78, 5) is 4.12. The molecule has 0 fully saturated rings. The third kappa shape index (κ3) is 2.64. The Balaban J connectivity index is 2.40. The van der Waals surface area contributed by atoms with E-state index in [2.05, 4.69) is 4.98 Å². The van der Waals surface area contributed by atoms with Crippen molar-refractivity contribution in [1.82, 2.24) is 9.29 Å². The summed E-state index contributed by atoms with van der Waals surface area (Å²) in [5, 5.41) is 11.2. The molecule has 0 radical (unpaired) electrons. The molecule has 0 saturated carbocycles. The number of thiazole rings is 1. The van der Waals surface area contributed by atoms with Crippen LogP contribution >= 0.6 is 11.3 Å². The van der Waals surface area contributed by atoms with E-state index in [9.17, 15) is 13.5 Å². The highest BCUT2D eigenvalue weighted by atomic mass is 32.2. The van der Waals surface area contributed by atoms with E-state index in [0.29, 0.717) is 17.0 Å². The van der Waals surface area contributed by atoms with Gasteiger partial charge in [0.1, 0.15) is 16.4 Å². The highest BCUT2D eigenvalue weighted by Crippen LogP contribution is 2.29. The van der Waals surface area contributed by atoms with Gasteiger partial charge in [-0.3, -0.25) is 0 Å². The lowest BCUT2D eigenvalue weighted by Gasteiger charge is -2.16. The molecule has 0 aliphatic heterocycles. The summed E-state index contributed by atoms with van der Waals surface area (Å²) in [5.41, 5.74) is 2.65. The molecule has 0 bridgehead atoms. The van der Waals surface area contributed by atoms with Crippen molar-refractivity contribution in [2.24, 2.45) is 0 Å². The van der Waals surface area contributed by atoms with E-state index in [0.717, 1.165) is 0 Å². The van der Waals surface area contributed by atoms with Gasteiger partial charge < -0.3 is 9.52 Å². The highest BCUT2D eigenvalue weighted by molar-refractivity contribution is 7.89. The lowest BCUT2D eigenvalue weighted by atomic mass is 10.2. The number of hydrogen-bond acceptors (Lipinski definition) is 6. The second-order valence-corrected chi connectivity index (χ2v) is 7.12. The Morgan fingerprint density at radius 3 is 2.65 bits per heavy atom. The summed E-state index contributed by atoms with van der Waals surface area (Å²) in [6.45, 7) is 3.02. The smallest absolute Gasteiger partial charge is 0.247 e. The maximum Gasteiger partial charge on any atom is 0.247 e. The van der Waals surface area contributed by atoms with Crippen molar-refractivity contribution in [3.63, 3.8) is 0 Å². The van der Waals surface area contributed by atoms with Crippen molar-refractivity contribution in [2.75, 3.05) is 7.05 Å². The van der Waals surface area contributed by atoms with Crippen molar-refractivity contribution in [3.05, 3.63) is 33.7 Å². The van der Waals surface area contributed by atoms with E-state index < -0.39 is 10.0 Å². The molecule has 0 aromatic carbocycles. The minimum Gasteiger partial charge on any atom is -0.465 e. The van der Waals surface area contributed by atoms with Crippen LogP contribution in [0, 0.1) is 13.8 Å². The van der Waals surface area contributed by atoms with Crippen molar-refractivity contribution in [1.29, 1.82) is 0 Å². The van der Waals surface area contributed by atoms with Crippen LogP contribution in [-0.2, 0) is 23.2 Å². The van der Waals surface area contributed by atoms with Crippen molar-refractivity contribution in [3.8, 4) is 0 Å². The molecule has 0 saturated heterocycles. The number of sulfonamides is 1. The first-order valence-corrected chi connectivity index (χ1v) is 8.29. The molecule has 6 nitrogen and oxygen atoms in total. The van der Waals surface area contributed by atoms with E-state index in [1.165, 1.54) is 22.7 Å². The first-order valence-electron chi connectivity index (χ1n) is 5.91. The van der Waals surface area contributed by atoms with Gasteiger partial charge in [0.2, 0.25) is 10.0 Å². The largest absolute Gasteiger partial charge is 0.465 e. The first-order chi connectivity index (χ1) is 9.37. The Hall–Kier alpha value is -1.22. The average molecular weight is 316 g/mol. The van der Waals surface area contributed by atoms with Gasteiger partial charge in [-0.1, -0.05) is 0 Å². The molecule has 0 unspecified atom stereocenters.